The van der Waals surface area contributed by atoms with Crippen molar-refractivity contribution >= 4 is 23.2 Å². The van der Waals surface area contributed by atoms with Crippen molar-refractivity contribution in [3.8, 4) is 10.6 Å². The molecule has 1 aliphatic heterocycles. The number of aromatic amines is 1. The number of piperazine rings is 1. The fourth-order valence-corrected chi connectivity index (χ4v) is 3.83. The van der Waals surface area contributed by atoms with Gasteiger partial charge in [0.05, 0.1) is 17.1 Å². The first-order chi connectivity index (χ1) is 13.5. The maximum absolute atomic E-state index is 12.7. The number of nitrogens with zero attached hydrogens (tertiary/aromatic N) is 2. The number of rotatable bonds is 6. The molecular formula is C20H26N4O3S. The Bertz CT molecular complexity index is 870. The van der Waals surface area contributed by atoms with Crippen LogP contribution in [0, 0.1) is 0 Å². The molecule has 3 rings (SSSR count). The predicted molar refractivity (Wildman–Crippen MR) is 111 cm³/mol. The number of pyridine rings is 1. The summed E-state index contributed by atoms with van der Waals surface area (Å²) in [6.45, 7) is 6.58. The summed E-state index contributed by atoms with van der Waals surface area (Å²) in [6, 6.07) is 7.38. The number of H-pyrrole nitrogens is 1. The van der Waals surface area contributed by atoms with Gasteiger partial charge in [0, 0.05) is 32.2 Å². The van der Waals surface area contributed by atoms with Gasteiger partial charge in [0.2, 0.25) is 5.91 Å². The highest BCUT2D eigenvalue weighted by Gasteiger charge is 2.25. The zero-order valence-electron chi connectivity index (χ0n) is 16.2. The standard InChI is InChI=1S/C20H26N4O3S/c1-3-14(2)21-18(25)13-23-8-10-24(11-9-23)20(27)15-6-7-16(22-19(15)26)17-5-4-12-28-17/h4-7,12,14H,3,8-11,13H2,1-2H3,(H,21,25)(H,22,26). The van der Waals surface area contributed by atoms with Crippen LogP contribution in [0.1, 0.15) is 30.6 Å². The van der Waals surface area contributed by atoms with E-state index in [0.29, 0.717) is 38.4 Å². The van der Waals surface area contributed by atoms with E-state index in [1.807, 2.05) is 36.3 Å². The van der Waals surface area contributed by atoms with Crippen molar-refractivity contribution in [3.05, 3.63) is 45.6 Å². The van der Waals surface area contributed by atoms with E-state index in [-0.39, 0.29) is 29.0 Å². The summed E-state index contributed by atoms with van der Waals surface area (Å²) in [7, 11) is 0. The number of hydrogen-bond acceptors (Lipinski definition) is 5. The smallest absolute Gasteiger partial charge is 0.261 e. The monoisotopic (exact) mass is 402 g/mol. The number of carbonyl (C=O) groups excluding carboxylic acids is 2. The lowest BCUT2D eigenvalue weighted by Gasteiger charge is -2.34. The molecule has 3 heterocycles. The fourth-order valence-electron chi connectivity index (χ4n) is 3.12. The van der Waals surface area contributed by atoms with Gasteiger partial charge in [-0.25, -0.2) is 0 Å². The van der Waals surface area contributed by atoms with E-state index in [4.69, 9.17) is 0 Å². The third-order valence-electron chi connectivity index (χ3n) is 4.97. The second-order valence-corrected chi connectivity index (χ2v) is 7.98. The molecule has 150 valence electrons. The average molecular weight is 403 g/mol. The Hall–Kier alpha value is -2.45. The van der Waals surface area contributed by atoms with E-state index in [0.717, 1.165) is 11.3 Å². The maximum atomic E-state index is 12.7. The van der Waals surface area contributed by atoms with Crippen molar-refractivity contribution in [3.63, 3.8) is 0 Å². The van der Waals surface area contributed by atoms with E-state index >= 15 is 0 Å². The molecule has 2 aromatic rings. The molecule has 2 amide bonds. The van der Waals surface area contributed by atoms with Gasteiger partial charge in [0.25, 0.3) is 11.5 Å². The summed E-state index contributed by atoms with van der Waals surface area (Å²) >= 11 is 1.53. The first-order valence-corrected chi connectivity index (χ1v) is 10.4. The van der Waals surface area contributed by atoms with Gasteiger partial charge in [-0.05, 0) is 36.9 Å². The van der Waals surface area contributed by atoms with Crippen LogP contribution in [0.5, 0.6) is 0 Å². The maximum Gasteiger partial charge on any atom is 0.261 e. The van der Waals surface area contributed by atoms with Gasteiger partial charge in [-0.2, -0.15) is 0 Å². The van der Waals surface area contributed by atoms with Gasteiger partial charge >= 0.3 is 0 Å². The molecule has 0 bridgehead atoms. The third-order valence-corrected chi connectivity index (χ3v) is 5.88. The first kappa shape index (κ1) is 20.3. The molecule has 1 unspecified atom stereocenters. The Kier molecular flexibility index (Phi) is 6.64. The zero-order valence-corrected chi connectivity index (χ0v) is 17.1. The summed E-state index contributed by atoms with van der Waals surface area (Å²) in [5.41, 5.74) is 0.503. The molecule has 0 radical (unpaired) electrons. The SMILES string of the molecule is CCC(C)NC(=O)CN1CCN(C(=O)c2ccc(-c3cccs3)[nH]c2=O)CC1. The molecule has 28 heavy (non-hydrogen) atoms. The highest BCUT2D eigenvalue weighted by atomic mass is 32.1. The number of aromatic nitrogens is 1. The molecule has 8 heteroatoms. The lowest BCUT2D eigenvalue weighted by atomic mass is 10.2. The van der Waals surface area contributed by atoms with Crippen LogP contribution in [-0.2, 0) is 4.79 Å². The quantitative estimate of drug-likeness (QED) is 0.771. The molecule has 1 saturated heterocycles. The molecule has 0 saturated carbocycles. The highest BCUT2D eigenvalue weighted by molar-refractivity contribution is 7.13. The minimum Gasteiger partial charge on any atom is -0.353 e. The van der Waals surface area contributed by atoms with Gasteiger partial charge in [-0.1, -0.05) is 13.0 Å². The minimum atomic E-state index is -0.369. The minimum absolute atomic E-state index is 0.00902. The van der Waals surface area contributed by atoms with Gasteiger partial charge in [0.15, 0.2) is 0 Å². The van der Waals surface area contributed by atoms with Gasteiger partial charge in [-0.15, -0.1) is 11.3 Å². The lowest BCUT2D eigenvalue weighted by Crippen LogP contribution is -2.52. The van der Waals surface area contributed by atoms with Crippen molar-refractivity contribution in [2.45, 2.75) is 26.3 Å². The van der Waals surface area contributed by atoms with Crippen LogP contribution in [0.25, 0.3) is 10.6 Å². The lowest BCUT2D eigenvalue weighted by molar-refractivity contribution is -0.123. The molecule has 1 aliphatic rings. The Morgan fingerprint density at radius 3 is 2.57 bits per heavy atom. The van der Waals surface area contributed by atoms with Gasteiger partial charge in [-0.3, -0.25) is 19.3 Å². The van der Waals surface area contributed by atoms with E-state index in [2.05, 4.69) is 10.3 Å². The Balaban J connectivity index is 1.57. The molecule has 1 fully saturated rings. The van der Waals surface area contributed by atoms with Crippen LogP contribution in [0.4, 0.5) is 0 Å². The summed E-state index contributed by atoms with van der Waals surface area (Å²) in [4.78, 5) is 44.6. The number of amides is 2. The second-order valence-electron chi connectivity index (χ2n) is 7.04. The molecule has 0 aromatic carbocycles. The molecule has 0 aliphatic carbocycles. The Morgan fingerprint density at radius 1 is 1.21 bits per heavy atom. The highest BCUT2D eigenvalue weighted by Crippen LogP contribution is 2.21. The Labute approximate surface area is 168 Å². The second kappa shape index (κ2) is 9.16. The first-order valence-electron chi connectivity index (χ1n) is 9.56. The molecule has 2 aromatic heterocycles. The van der Waals surface area contributed by atoms with E-state index < -0.39 is 0 Å². The summed E-state index contributed by atoms with van der Waals surface area (Å²) < 4.78 is 0. The molecule has 2 N–H and O–H groups in total. The van der Waals surface area contributed by atoms with Crippen LogP contribution in [0.2, 0.25) is 0 Å². The molecule has 1 atom stereocenters. The number of carbonyl (C=O) groups is 2. The van der Waals surface area contributed by atoms with E-state index in [9.17, 15) is 14.4 Å². The fraction of sp³-hybridized carbons (Fsp3) is 0.450. The number of thiophene rings is 1. The third kappa shape index (κ3) is 4.88. The topological polar surface area (TPSA) is 85.5 Å². The van der Waals surface area contributed by atoms with Crippen LogP contribution >= 0.6 is 11.3 Å². The van der Waals surface area contributed by atoms with Crippen molar-refractivity contribution < 1.29 is 9.59 Å². The van der Waals surface area contributed by atoms with Crippen LogP contribution < -0.4 is 10.9 Å². The summed E-state index contributed by atoms with van der Waals surface area (Å²) in [5, 5.41) is 4.90. The van der Waals surface area contributed by atoms with Crippen molar-refractivity contribution in [1.82, 2.24) is 20.1 Å². The Morgan fingerprint density at radius 2 is 1.96 bits per heavy atom. The zero-order chi connectivity index (χ0) is 20.1. The molecule has 0 spiro atoms. The van der Waals surface area contributed by atoms with E-state index in [1.165, 1.54) is 11.3 Å². The van der Waals surface area contributed by atoms with Gasteiger partial charge in [0.1, 0.15) is 5.56 Å². The van der Waals surface area contributed by atoms with Crippen LogP contribution in [-0.4, -0.2) is 65.4 Å². The van der Waals surface area contributed by atoms with Crippen LogP contribution in [0.15, 0.2) is 34.4 Å². The molecule has 7 nitrogen and oxygen atoms in total. The van der Waals surface area contributed by atoms with E-state index in [1.54, 1.807) is 17.0 Å². The van der Waals surface area contributed by atoms with Crippen LogP contribution in [0.3, 0.4) is 0 Å². The van der Waals surface area contributed by atoms with Crippen molar-refractivity contribution in [2.75, 3.05) is 32.7 Å². The predicted octanol–water partition coefficient (Wildman–Crippen LogP) is 1.78. The van der Waals surface area contributed by atoms with Crippen molar-refractivity contribution in [2.24, 2.45) is 0 Å². The number of nitrogens with one attached hydrogen (secondary N) is 2. The van der Waals surface area contributed by atoms with Crippen molar-refractivity contribution in [1.29, 1.82) is 0 Å². The van der Waals surface area contributed by atoms with Gasteiger partial charge < -0.3 is 15.2 Å². The summed E-state index contributed by atoms with van der Waals surface area (Å²) in [5.74, 6) is -0.252. The largest absolute Gasteiger partial charge is 0.353 e. The molecular weight excluding hydrogens is 376 g/mol. The normalized spacial score (nSPS) is 16.0. The summed E-state index contributed by atoms with van der Waals surface area (Å²) in [6.07, 6.45) is 0.897. The average Bonchev–Trinajstić information content (AvgIpc) is 3.22. The number of hydrogen-bond donors (Lipinski definition) is 2.